The number of amidine groups is 1. The molecule has 2 aromatic rings. The zero-order valence-corrected chi connectivity index (χ0v) is 14.8. The van der Waals surface area contributed by atoms with E-state index in [1.54, 1.807) is 6.21 Å². The monoisotopic (exact) mass is 375 g/mol. The average Bonchev–Trinajstić information content (AvgIpc) is 2.54. The second-order valence-electron chi connectivity index (χ2n) is 4.65. The summed E-state index contributed by atoms with van der Waals surface area (Å²) in [5.74, 6) is 0.794. The largest absolute Gasteiger partial charge is 0.377 e. The maximum absolute atomic E-state index is 5.88. The Morgan fingerprint density at radius 3 is 2.73 bits per heavy atom. The molecule has 5 heteroatoms. The molecule has 114 valence electrons. The van der Waals surface area contributed by atoms with Crippen LogP contribution in [-0.2, 0) is 12.2 Å². The summed E-state index contributed by atoms with van der Waals surface area (Å²) < 4.78 is 1.03. The van der Waals surface area contributed by atoms with Crippen LogP contribution in [-0.4, -0.2) is 11.4 Å². The van der Waals surface area contributed by atoms with Crippen LogP contribution in [0.2, 0.25) is 0 Å². The molecule has 0 spiro atoms. The molecule has 0 aliphatic carbocycles. The van der Waals surface area contributed by atoms with Gasteiger partial charge in [-0.2, -0.15) is 5.10 Å². The van der Waals surface area contributed by atoms with Crippen molar-refractivity contribution in [3.63, 3.8) is 0 Å². The number of rotatable bonds is 5. The summed E-state index contributed by atoms with van der Waals surface area (Å²) in [4.78, 5) is 0. The van der Waals surface area contributed by atoms with Gasteiger partial charge < -0.3 is 5.73 Å². The molecule has 0 unspecified atom stereocenters. The van der Waals surface area contributed by atoms with Crippen molar-refractivity contribution in [3.05, 3.63) is 69.7 Å². The van der Waals surface area contributed by atoms with E-state index in [1.807, 2.05) is 30.3 Å². The van der Waals surface area contributed by atoms with Crippen LogP contribution in [0.1, 0.15) is 23.6 Å². The highest BCUT2D eigenvalue weighted by Crippen LogP contribution is 2.16. The van der Waals surface area contributed by atoms with Crippen LogP contribution in [0.15, 0.2) is 63.2 Å². The molecular formula is C17H18BrN3S. The molecule has 2 rings (SSSR count). The van der Waals surface area contributed by atoms with Crippen LogP contribution in [0, 0.1) is 0 Å². The Morgan fingerprint density at radius 2 is 2.00 bits per heavy atom. The highest BCUT2D eigenvalue weighted by atomic mass is 79.9. The van der Waals surface area contributed by atoms with Gasteiger partial charge in [0.15, 0.2) is 5.17 Å². The molecule has 0 aliphatic rings. The summed E-state index contributed by atoms with van der Waals surface area (Å²) in [5, 5.41) is 8.62. The van der Waals surface area contributed by atoms with Crippen LogP contribution in [0.3, 0.4) is 0 Å². The maximum Gasteiger partial charge on any atom is 0.180 e. The number of hydrogen-bond donors (Lipinski definition) is 1. The molecule has 0 saturated carbocycles. The molecule has 2 aromatic carbocycles. The molecule has 22 heavy (non-hydrogen) atoms. The lowest BCUT2D eigenvalue weighted by atomic mass is 10.1. The zero-order chi connectivity index (χ0) is 15.8. The zero-order valence-electron chi connectivity index (χ0n) is 12.4. The van der Waals surface area contributed by atoms with Gasteiger partial charge in [-0.25, -0.2) is 0 Å². The molecule has 0 heterocycles. The van der Waals surface area contributed by atoms with Gasteiger partial charge in [-0.05, 0) is 35.2 Å². The SMILES string of the molecule is CCc1ccc(Br)cc1C=NN=C(N)SCc1ccccc1. The van der Waals surface area contributed by atoms with E-state index in [1.165, 1.54) is 22.9 Å². The van der Waals surface area contributed by atoms with Gasteiger partial charge >= 0.3 is 0 Å². The number of benzene rings is 2. The van der Waals surface area contributed by atoms with E-state index in [0.29, 0.717) is 5.17 Å². The minimum Gasteiger partial charge on any atom is -0.377 e. The summed E-state index contributed by atoms with van der Waals surface area (Å²) in [7, 11) is 0. The Labute approximate surface area is 143 Å². The fourth-order valence-corrected chi connectivity index (χ4v) is 2.91. The first kappa shape index (κ1) is 16.8. The van der Waals surface area contributed by atoms with Gasteiger partial charge in [-0.15, -0.1) is 5.10 Å². The minimum atomic E-state index is 0.466. The highest BCUT2D eigenvalue weighted by Gasteiger charge is 1.99. The standard InChI is InChI=1S/C17H18BrN3S/c1-2-14-8-9-16(18)10-15(14)11-20-21-17(19)22-12-13-6-4-3-5-7-13/h3-11H,2,12H2,1H3,(H2,19,21). The van der Waals surface area contributed by atoms with Crippen LogP contribution >= 0.6 is 27.7 Å². The number of nitrogens with zero attached hydrogens (tertiary/aromatic N) is 2. The molecule has 2 N–H and O–H groups in total. The summed E-state index contributed by atoms with van der Waals surface area (Å²) in [6.07, 6.45) is 2.70. The van der Waals surface area contributed by atoms with E-state index in [9.17, 15) is 0 Å². The second kappa shape index (κ2) is 8.76. The van der Waals surface area contributed by atoms with Crippen molar-refractivity contribution in [1.29, 1.82) is 0 Å². The van der Waals surface area contributed by atoms with Crippen molar-refractivity contribution in [2.45, 2.75) is 19.1 Å². The Kier molecular flexibility index (Phi) is 6.68. The third-order valence-electron chi connectivity index (χ3n) is 3.07. The molecule has 3 nitrogen and oxygen atoms in total. The van der Waals surface area contributed by atoms with Crippen molar-refractivity contribution < 1.29 is 0 Å². The van der Waals surface area contributed by atoms with Gasteiger partial charge in [0.2, 0.25) is 0 Å². The van der Waals surface area contributed by atoms with E-state index in [4.69, 9.17) is 5.73 Å². The first-order chi connectivity index (χ1) is 10.7. The predicted octanol–water partition coefficient (Wildman–Crippen LogP) is 4.59. The van der Waals surface area contributed by atoms with Gasteiger partial charge in [0.25, 0.3) is 0 Å². The Balaban J connectivity index is 1.97. The third-order valence-corrected chi connectivity index (χ3v) is 4.42. The van der Waals surface area contributed by atoms with Gasteiger partial charge in [0.1, 0.15) is 0 Å². The fraction of sp³-hybridized carbons (Fsp3) is 0.176. The van der Waals surface area contributed by atoms with Gasteiger partial charge in [-0.3, -0.25) is 0 Å². The van der Waals surface area contributed by atoms with Crippen molar-refractivity contribution >= 4 is 39.1 Å². The van der Waals surface area contributed by atoms with E-state index in [2.05, 4.69) is 51.3 Å². The Bertz CT molecular complexity index is 669. The third kappa shape index (κ3) is 5.31. The van der Waals surface area contributed by atoms with Crippen molar-refractivity contribution in [2.24, 2.45) is 15.9 Å². The smallest absolute Gasteiger partial charge is 0.180 e. The number of aryl methyl sites for hydroxylation is 1. The molecule has 0 amide bonds. The number of halogens is 1. The molecule has 0 aliphatic heterocycles. The summed E-state index contributed by atoms with van der Waals surface area (Å²) in [6.45, 7) is 2.12. The van der Waals surface area contributed by atoms with E-state index < -0.39 is 0 Å². The van der Waals surface area contributed by atoms with Gasteiger partial charge in [-0.1, -0.05) is 71.0 Å². The first-order valence-corrected chi connectivity index (χ1v) is 8.78. The molecule has 0 aromatic heterocycles. The fourth-order valence-electron chi connectivity index (χ4n) is 1.92. The summed E-state index contributed by atoms with van der Waals surface area (Å²) in [6, 6.07) is 16.3. The van der Waals surface area contributed by atoms with Crippen molar-refractivity contribution in [2.75, 3.05) is 0 Å². The first-order valence-electron chi connectivity index (χ1n) is 7.00. The maximum atomic E-state index is 5.88. The van der Waals surface area contributed by atoms with Crippen LogP contribution in [0.5, 0.6) is 0 Å². The number of thioether (sulfide) groups is 1. The normalized spacial score (nSPS) is 12.0. The van der Waals surface area contributed by atoms with Crippen LogP contribution < -0.4 is 5.73 Å². The van der Waals surface area contributed by atoms with E-state index in [-0.39, 0.29) is 0 Å². The van der Waals surface area contributed by atoms with E-state index in [0.717, 1.165) is 22.2 Å². The lowest BCUT2D eigenvalue weighted by molar-refractivity contribution is 1.13. The summed E-state index contributed by atoms with van der Waals surface area (Å²) in [5.41, 5.74) is 9.38. The van der Waals surface area contributed by atoms with Crippen molar-refractivity contribution in [3.8, 4) is 0 Å². The topological polar surface area (TPSA) is 50.7 Å². The molecule has 0 radical (unpaired) electrons. The average molecular weight is 376 g/mol. The minimum absolute atomic E-state index is 0.466. The molecule has 0 bridgehead atoms. The number of nitrogens with two attached hydrogens (primary N) is 1. The molecular weight excluding hydrogens is 358 g/mol. The Morgan fingerprint density at radius 1 is 1.23 bits per heavy atom. The lowest BCUT2D eigenvalue weighted by Gasteiger charge is -2.02. The molecule has 0 atom stereocenters. The lowest BCUT2D eigenvalue weighted by Crippen LogP contribution is -2.06. The number of hydrogen-bond acceptors (Lipinski definition) is 3. The quantitative estimate of drug-likeness (QED) is 0.471. The molecule has 0 saturated heterocycles. The van der Waals surface area contributed by atoms with Gasteiger partial charge in [0.05, 0.1) is 6.21 Å². The van der Waals surface area contributed by atoms with Gasteiger partial charge in [0, 0.05) is 10.2 Å². The van der Waals surface area contributed by atoms with E-state index >= 15 is 0 Å². The highest BCUT2D eigenvalue weighted by molar-refractivity contribution is 9.10. The van der Waals surface area contributed by atoms with Crippen molar-refractivity contribution in [1.82, 2.24) is 0 Å². The Hall–Kier alpha value is -1.59. The predicted molar refractivity (Wildman–Crippen MR) is 100 cm³/mol. The van der Waals surface area contributed by atoms with Crippen LogP contribution in [0.25, 0.3) is 0 Å². The summed E-state index contributed by atoms with van der Waals surface area (Å²) >= 11 is 4.95. The van der Waals surface area contributed by atoms with Crippen LogP contribution in [0.4, 0.5) is 0 Å². The molecule has 0 fully saturated rings. The second-order valence-corrected chi connectivity index (χ2v) is 6.57.